The lowest BCUT2D eigenvalue weighted by molar-refractivity contribution is 0.316. The summed E-state index contributed by atoms with van der Waals surface area (Å²) in [6, 6.07) is 12.3. The SMILES string of the molecule is C=C(C)CNCCOc1ccc2cc(C(C)CNS(=O)(=O)C(C)C)ccc2c1.C=CC. The van der Waals surface area contributed by atoms with E-state index < -0.39 is 15.3 Å². The Bertz CT molecular complexity index is 952. The van der Waals surface area contributed by atoms with Crippen molar-refractivity contribution in [2.75, 3.05) is 26.2 Å². The number of nitrogens with one attached hydrogen (secondary N) is 2. The molecule has 0 aromatic heterocycles. The molecule has 2 rings (SSSR count). The quantitative estimate of drug-likeness (QED) is 0.376. The molecule has 0 aliphatic heterocycles. The van der Waals surface area contributed by atoms with Crippen molar-refractivity contribution in [1.29, 1.82) is 0 Å². The van der Waals surface area contributed by atoms with Gasteiger partial charge in [-0.25, -0.2) is 13.1 Å². The average Bonchev–Trinajstić information content (AvgIpc) is 2.71. The van der Waals surface area contributed by atoms with E-state index in [9.17, 15) is 8.42 Å². The van der Waals surface area contributed by atoms with Crippen LogP contribution in [0.2, 0.25) is 0 Å². The largest absolute Gasteiger partial charge is 0.492 e. The lowest BCUT2D eigenvalue weighted by atomic mass is 9.98. The maximum Gasteiger partial charge on any atom is 0.213 e. The van der Waals surface area contributed by atoms with Crippen LogP contribution in [-0.4, -0.2) is 39.9 Å². The van der Waals surface area contributed by atoms with Crippen molar-refractivity contribution in [2.24, 2.45) is 0 Å². The van der Waals surface area contributed by atoms with Crippen LogP contribution in [0.5, 0.6) is 5.75 Å². The molecule has 0 spiro atoms. The van der Waals surface area contributed by atoms with Gasteiger partial charge in [0, 0.05) is 19.6 Å². The van der Waals surface area contributed by atoms with Gasteiger partial charge in [0.2, 0.25) is 10.0 Å². The van der Waals surface area contributed by atoms with Gasteiger partial charge in [0.15, 0.2) is 0 Å². The predicted molar refractivity (Wildman–Crippen MR) is 133 cm³/mol. The Morgan fingerprint density at radius 3 is 2.35 bits per heavy atom. The minimum absolute atomic E-state index is 0.0910. The first kappa shape index (κ1) is 26.9. The second-order valence-corrected chi connectivity index (χ2v) is 10.3. The molecule has 0 aliphatic rings. The van der Waals surface area contributed by atoms with E-state index in [1.807, 2.05) is 39.0 Å². The van der Waals surface area contributed by atoms with Gasteiger partial charge in [-0.2, -0.15) is 0 Å². The average molecular weight is 447 g/mol. The van der Waals surface area contributed by atoms with Crippen molar-refractivity contribution in [1.82, 2.24) is 10.0 Å². The van der Waals surface area contributed by atoms with Crippen LogP contribution in [0.25, 0.3) is 10.8 Å². The van der Waals surface area contributed by atoms with Crippen LogP contribution in [0.1, 0.15) is 46.1 Å². The second-order valence-electron chi connectivity index (χ2n) is 8.00. The van der Waals surface area contributed by atoms with E-state index in [0.29, 0.717) is 13.2 Å². The topological polar surface area (TPSA) is 67.4 Å². The highest BCUT2D eigenvalue weighted by Gasteiger charge is 2.17. The highest BCUT2D eigenvalue weighted by molar-refractivity contribution is 7.90. The third-order valence-corrected chi connectivity index (χ3v) is 6.40. The van der Waals surface area contributed by atoms with Crippen molar-refractivity contribution in [3.8, 4) is 5.75 Å². The molecule has 0 bridgehead atoms. The first-order chi connectivity index (χ1) is 14.6. The normalized spacial score (nSPS) is 12.2. The Morgan fingerprint density at radius 1 is 1.13 bits per heavy atom. The lowest BCUT2D eigenvalue weighted by Crippen LogP contribution is -2.33. The molecule has 0 saturated carbocycles. The van der Waals surface area contributed by atoms with Gasteiger partial charge >= 0.3 is 0 Å². The molecule has 2 aromatic rings. The van der Waals surface area contributed by atoms with Crippen LogP contribution in [0.3, 0.4) is 0 Å². The number of benzene rings is 2. The van der Waals surface area contributed by atoms with E-state index >= 15 is 0 Å². The molecule has 31 heavy (non-hydrogen) atoms. The van der Waals surface area contributed by atoms with Gasteiger partial charge in [0.05, 0.1) is 5.25 Å². The van der Waals surface area contributed by atoms with Crippen LogP contribution in [0.4, 0.5) is 0 Å². The van der Waals surface area contributed by atoms with Gasteiger partial charge in [-0.15, -0.1) is 6.58 Å². The summed E-state index contributed by atoms with van der Waals surface area (Å²) < 4.78 is 32.4. The van der Waals surface area contributed by atoms with Crippen molar-refractivity contribution >= 4 is 20.8 Å². The van der Waals surface area contributed by atoms with Crippen molar-refractivity contribution in [3.63, 3.8) is 0 Å². The highest BCUT2D eigenvalue weighted by Crippen LogP contribution is 2.25. The fourth-order valence-corrected chi connectivity index (χ4v) is 3.52. The van der Waals surface area contributed by atoms with Crippen LogP contribution in [-0.2, 0) is 10.0 Å². The highest BCUT2D eigenvalue weighted by atomic mass is 32.2. The molecular weight excluding hydrogens is 408 g/mol. The van der Waals surface area contributed by atoms with E-state index in [1.54, 1.807) is 19.9 Å². The molecule has 0 radical (unpaired) electrons. The number of hydrogen-bond acceptors (Lipinski definition) is 4. The monoisotopic (exact) mass is 446 g/mol. The van der Waals surface area contributed by atoms with Gasteiger partial charge in [0.25, 0.3) is 0 Å². The fraction of sp³-hybridized carbons (Fsp3) is 0.440. The van der Waals surface area contributed by atoms with Crippen molar-refractivity contribution in [2.45, 2.75) is 45.8 Å². The predicted octanol–water partition coefficient (Wildman–Crippen LogP) is 5.01. The Labute approximate surface area is 188 Å². The van der Waals surface area contributed by atoms with Gasteiger partial charge in [-0.1, -0.05) is 49.4 Å². The zero-order chi connectivity index (χ0) is 23.4. The standard InChI is InChI=1S/C22H32N2O3S.C3H6/c1-16(2)14-23-10-11-27-22-9-8-20-12-19(6-7-21(20)13-22)18(5)15-24-28(25,26)17(3)4;1-3-2/h6-9,12-13,17-18,23-24H,1,10-11,14-15H2,2-5H3;3H,1H2,2H3. The van der Waals surface area contributed by atoms with Gasteiger partial charge < -0.3 is 10.1 Å². The number of hydrogen-bond donors (Lipinski definition) is 2. The fourth-order valence-electron chi connectivity index (χ4n) is 2.71. The third-order valence-electron chi connectivity index (χ3n) is 4.59. The summed E-state index contributed by atoms with van der Waals surface area (Å²) in [5.74, 6) is 0.934. The van der Waals surface area contributed by atoms with Gasteiger partial charge in [-0.05, 0) is 62.1 Å². The molecule has 0 heterocycles. The lowest BCUT2D eigenvalue weighted by Gasteiger charge is -2.16. The summed E-state index contributed by atoms with van der Waals surface area (Å²) in [6.07, 6.45) is 1.75. The molecule has 1 atom stereocenters. The maximum atomic E-state index is 11.9. The summed E-state index contributed by atoms with van der Waals surface area (Å²) in [6.45, 7) is 19.1. The molecule has 0 aliphatic carbocycles. The number of fused-ring (bicyclic) bond motifs is 1. The molecular formula is C25H38N2O3S. The van der Waals surface area contributed by atoms with E-state index in [0.717, 1.165) is 40.7 Å². The molecule has 0 saturated heterocycles. The molecule has 2 N–H and O–H groups in total. The summed E-state index contributed by atoms with van der Waals surface area (Å²) >= 11 is 0. The minimum atomic E-state index is -3.24. The van der Waals surface area contributed by atoms with Gasteiger partial charge in [0.1, 0.15) is 12.4 Å². The molecule has 5 nitrogen and oxygen atoms in total. The zero-order valence-corrected chi connectivity index (χ0v) is 20.4. The summed E-state index contributed by atoms with van der Waals surface area (Å²) in [7, 11) is -3.24. The van der Waals surface area contributed by atoms with E-state index in [-0.39, 0.29) is 5.92 Å². The van der Waals surface area contributed by atoms with E-state index in [1.165, 1.54) is 0 Å². The van der Waals surface area contributed by atoms with Crippen LogP contribution in [0, 0.1) is 0 Å². The molecule has 2 aromatic carbocycles. The zero-order valence-electron chi connectivity index (χ0n) is 19.6. The Hall–Kier alpha value is -2.15. The summed E-state index contributed by atoms with van der Waals surface area (Å²) in [5.41, 5.74) is 2.21. The number of sulfonamides is 1. The molecule has 6 heteroatoms. The molecule has 0 amide bonds. The van der Waals surface area contributed by atoms with Crippen LogP contribution < -0.4 is 14.8 Å². The van der Waals surface area contributed by atoms with Gasteiger partial charge in [-0.3, -0.25) is 0 Å². The number of ether oxygens (including phenoxy) is 1. The molecule has 0 fully saturated rings. The maximum absolute atomic E-state index is 11.9. The first-order valence-corrected chi connectivity index (χ1v) is 12.2. The first-order valence-electron chi connectivity index (χ1n) is 10.7. The number of rotatable bonds is 11. The third kappa shape index (κ3) is 9.68. The van der Waals surface area contributed by atoms with E-state index in [4.69, 9.17) is 4.74 Å². The summed E-state index contributed by atoms with van der Waals surface area (Å²) in [5, 5.41) is 5.06. The van der Waals surface area contributed by atoms with Crippen LogP contribution in [0.15, 0.2) is 61.2 Å². The Morgan fingerprint density at radius 2 is 1.74 bits per heavy atom. The summed E-state index contributed by atoms with van der Waals surface area (Å²) in [4.78, 5) is 0. The Balaban J connectivity index is 0.00000151. The molecule has 1 unspecified atom stereocenters. The second kappa shape index (κ2) is 13.3. The minimum Gasteiger partial charge on any atom is -0.492 e. The van der Waals surface area contributed by atoms with Crippen molar-refractivity contribution in [3.05, 3.63) is 66.8 Å². The van der Waals surface area contributed by atoms with Crippen molar-refractivity contribution < 1.29 is 13.2 Å². The smallest absolute Gasteiger partial charge is 0.213 e. The van der Waals surface area contributed by atoms with E-state index in [2.05, 4.69) is 41.4 Å². The Kier molecular flexibility index (Phi) is 11.5. The molecule has 172 valence electrons. The van der Waals surface area contributed by atoms with Crippen LogP contribution >= 0.6 is 0 Å². The number of allylic oxidation sites excluding steroid dienone is 1.